The van der Waals surface area contributed by atoms with Gasteiger partial charge in [-0.1, -0.05) is 42.5 Å². The third-order valence-corrected chi connectivity index (χ3v) is 7.60. The van der Waals surface area contributed by atoms with E-state index in [2.05, 4.69) is 16.3 Å². The quantitative estimate of drug-likeness (QED) is 0.181. The third kappa shape index (κ3) is 7.26. The molecule has 47 heavy (non-hydrogen) atoms. The average Bonchev–Trinajstić information content (AvgIpc) is 3.40. The van der Waals surface area contributed by atoms with E-state index in [4.69, 9.17) is 14.6 Å². The molecule has 5 rings (SSSR count). The molecule has 0 amide bonds. The summed E-state index contributed by atoms with van der Waals surface area (Å²) in [5.41, 5.74) is 1.51. The highest BCUT2D eigenvalue weighted by atomic mass is 19.4. The highest BCUT2D eigenvalue weighted by Crippen LogP contribution is 2.44. The number of H-pyrrole nitrogens is 1. The van der Waals surface area contributed by atoms with Crippen LogP contribution in [0, 0.1) is 11.3 Å². The Labute approximate surface area is 267 Å². The van der Waals surface area contributed by atoms with Gasteiger partial charge in [-0.05, 0) is 42.8 Å². The molecule has 4 aromatic rings. The molecule has 0 radical (unpaired) electrons. The van der Waals surface area contributed by atoms with E-state index in [0.29, 0.717) is 34.3 Å². The Morgan fingerprint density at radius 1 is 1.11 bits per heavy atom. The monoisotopic (exact) mass is 648 g/mol. The molecule has 14 heteroatoms. The zero-order valence-electron chi connectivity index (χ0n) is 25.9. The Kier molecular flexibility index (Phi) is 10.0. The predicted molar refractivity (Wildman–Crippen MR) is 162 cm³/mol. The Bertz CT molecular complexity index is 1910. The number of carboxylic acid groups (broad SMARTS) is 1. The Hall–Kier alpha value is -5.68. The summed E-state index contributed by atoms with van der Waals surface area (Å²) in [5, 5.41) is 24.6. The van der Waals surface area contributed by atoms with E-state index >= 15 is 0 Å². The molecule has 1 N–H and O–H groups in total. The molecule has 0 bridgehead atoms. The summed E-state index contributed by atoms with van der Waals surface area (Å²) in [6, 6.07) is 20.6. The highest BCUT2D eigenvalue weighted by molar-refractivity contribution is 5.93. The number of hydrogen-bond donors (Lipinski definition) is 1. The van der Waals surface area contributed by atoms with Crippen molar-refractivity contribution in [2.45, 2.75) is 32.2 Å². The molecule has 1 aliphatic rings. The second-order valence-corrected chi connectivity index (χ2v) is 11.3. The van der Waals surface area contributed by atoms with E-state index in [1.54, 1.807) is 25.1 Å². The summed E-state index contributed by atoms with van der Waals surface area (Å²) in [6.07, 6.45) is -4.62. The molecule has 1 aliphatic heterocycles. The van der Waals surface area contributed by atoms with Crippen molar-refractivity contribution in [1.29, 1.82) is 5.26 Å². The molecule has 1 aromatic heterocycles. The molecule has 0 saturated carbocycles. The fourth-order valence-electron chi connectivity index (χ4n) is 5.75. The molecule has 1 atom stereocenters. The number of nitriles is 1. The zero-order valence-corrected chi connectivity index (χ0v) is 25.9. The fourth-order valence-corrected chi connectivity index (χ4v) is 5.75. The van der Waals surface area contributed by atoms with Crippen molar-refractivity contribution in [3.63, 3.8) is 0 Å². The van der Waals surface area contributed by atoms with Crippen LogP contribution in [0.1, 0.15) is 40.8 Å². The maximum atomic E-state index is 13.6. The minimum absolute atomic E-state index is 0.00202. The number of nitrogens with zero attached hydrogens (tertiary/aromatic N) is 5. The lowest BCUT2D eigenvalue weighted by molar-refractivity contribution is -0.916. The first-order chi connectivity index (χ1) is 22.3. The number of anilines is 2. The maximum Gasteiger partial charge on any atom is 0.416 e. The first-order valence-electron chi connectivity index (χ1n) is 14.1. The number of rotatable bonds is 7. The van der Waals surface area contributed by atoms with Crippen LogP contribution in [-0.2, 0) is 33.6 Å². The lowest BCUT2D eigenvalue weighted by atomic mass is 9.89. The van der Waals surface area contributed by atoms with Crippen LogP contribution < -0.4 is 15.7 Å². The number of nitrogens with one attached hydrogen (secondary N) is 1. The standard InChI is InChI=1S/C32H29F3N6O3.CH2O2/c1-20-27(29(42)44-4)28(40-30(37-38-31(40)43)39(20)25-12-8-11-24(16-25)32(33,34)35)26-14-13-22(17-36)15-23(26)19-41(2,3)18-21-9-6-5-7-10-21;2-1-3/h5-16,28H,18-19H2,1-4H3;1H,(H,2,3)/t28-;/m1./s1. The predicted octanol–water partition coefficient (Wildman–Crippen LogP) is 3.79. The fraction of sp³-hybridized carbons (Fsp3) is 0.242. The number of fused-ring (bicyclic) bond motifs is 1. The number of benzene rings is 3. The summed E-state index contributed by atoms with van der Waals surface area (Å²) in [6.45, 7) is 2.14. The van der Waals surface area contributed by atoms with E-state index in [0.717, 1.165) is 17.7 Å². The van der Waals surface area contributed by atoms with Crippen molar-refractivity contribution in [2.24, 2.45) is 0 Å². The molecule has 3 aromatic carbocycles. The first-order valence-corrected chi connectivity index (χ1v) is 14.1. The van der Waals surface area contributed by atoms with Gasteiger partial charge in [0.05, 0.1) is 44.0 Å². The SMILES string of the molecule is COC(=O)C1=C(C)N(c2cccc(C(F)(F)F)c2)c2n[nH]c(=O)n2[C@@H]1c1ccc(C#N)cc1C[N+](C)(C)Cc1ccccc1.O=C[O-]. The molecule has 0 saturated heterocycles. The van der Waals surface area contributed by atoms with Crippen LogP contribution in [0.4, 0.5) is 24.8 Å². The topological polar surface area (TPSA) is 144 Å². The Balaban J connectivity index is 0.00000160. The number of aromatic nitrogens is 3. The van der Waals surface area contributed by atoms with Gasteiger partial charge in [-0.15, -0.1) is 5.10 Å². The minimum Gasteiger partial charge on any atom is -0.554 e. The van der Waals surface area contributed by atoms with Crippen molar-refractivity contribution in [3.05, 3.63) is 122 Å². The zero-order chi connectivity index (χ0) is 34.5. The molecular weight excluding hydrogens is 617 g/mol. The molecule has 11 nitrogen and oxygen atoms in total. The lowest BCUT2D eigenvalue weighted by Gasteiger charge is -2.37. The summed E-state index contributed by atoms with van der Waals surface area (Å²) in [4.78, 5) is 36.4. The number of allylic oxidation sites excluding steroid dienone is 1. The lowest BCUT2D eigenvalue weighted by Crippen LogP contribution is -2.40. The van der Waals surface area contributed by atoms with Gasteiger partial charge in [0.25, 0.3) is 0 Å². The number of quaternary nitrogens is 1. The number of carbonyl (C=O) groups is 2. The van der Waals surface area contributed by atoms with Gasteiger partial charge >= 0.3 is 17.8 Å². The molecule has 0 fully saturated rings. The number of alkyl halides is 3. The number of esters is 1. The molecule has 0 aliphatic carbocycles. The van der Waals surface area contributed by atoms with Crippen LogP contribution in [0.3, 0.4) is 0 Å². The van der Waals surface area contributed by atoms with E-state index < -0.39 is 35.9 Å². The minimum atomic E-state index is -4.62. The van der Waals surface area contributed by atoms with Gasteiger partial charge in [-0.25, -0.2) is 19.3 Å². The second-order valence-electron chi connectivity index (χ2n) is 11.3. The van der Waals surface area contributed by atoms with Crippen LogP contribution in [0.5, 0.6) is 0 Å². The van der Waals surface area contributed by atoms with Crippen LogP contribution in [0.15, 0.2) is 88.9 Å². The summed E-state index contributed by atoms with van der Waals surface area (Å²) in [5.74, 6) is -0.769. The number of methoxy groups -OCH3 is 1. The summed E-state index contributed by atoms with van der Waals surface area (Å²) >= 11 is 0. The summed E-state index contributed by atoms with van der Waals surface area (Å²) < 4.78 is 47.8. The van der Waals surface area contributed by atoms with Gasteiger partial charge in [0.15, 0.2) is 0 Å². The largest absolute Gasteiger partial charge is 0.554 e. The van der Waals surface area contributed by atoms with E-state index in [9.17, 15) is 28.0 Å². The van der Waals surface area contributed by atoms with Crippen molar-refractivity contribution >= 4 is 24.1 Å². The van der Waals surface area contributed by atoms with E-state index in [-0.39, 0.29) is 22.9 Å². The molecule has 2 heterocycles. The smallest absolute Gasteiger partial charge is 0.416 e. The average molecular weight is 649 g/mol. The number of ether oxygens (including phenoxy) is 1. The maximum absolute atomic E-state index is 13.6. The van der Waals surface area contributed by atoms with Gasteiger partial charge in [-0.3, -0.25) is 4.90 Å². The molecule has 0 unspecified atom stereocenters. The van der Waals surface area contributed by atoms with Crippen molar-refractivity contribution < 1.29 is 37.1 Å². The highest BCUT2D eigenvalue weighted by Gasteiger charge is 2.41. The summed E-state index contributed by atoms with van der Waals surface area (Å²) in [7, 11) is 5.26. The Morgan fingerprint density at radius 3 is 2.40 bits per heavy atom. The van der Waals surface area contributed by atoms with Crippen molar-refractivity contribution in [3.8, 4) is 6.07 Å². The van der Waals surface area contributed by atoms with Gasteiger partial charge < -0.3 is 19.1 Å². The number of aromatic amines is 1. The Morgan fingerprint density at radius 2 is 1.79 bits per heavy atom. The van der Waals surface area contributed by atoms with Gasteiger partial charge in [0.1, 0.15) is 19.1 Å². The second kappa shape index (κ2) is 13.8. The van der Waals surface area contributed by atoms with Crippen molar-refractivity contribution in [1.82, 2.24) is 14.8 Å². The normalized spacial score (nSPS) is 14.4. The van der Waals surface area contributed by atoms with Gasteiger partial charge in [-0.2, -0.15) is 18.4 Å². The van der Waals surface area contributed by atoms with Crippen LogP contribution in [0.25, 0.3) is 0 Å². The van der Waals surface area contributed by atoms with E-state index in [1.165, 1.54) is 28.7 Å². The molecule has 0 spiro atoms. The number of halogens is 3. The third-order valence-electron chi connectivity index (χ3n) is 7.60. The van der Waals surface area contributed by atoms with E-state index in [1.807, 2.05) is 44.4 Å². The van der Waals surface area contributed by atoms with Crippen LogP contribution >= 0.6 is 0 Å². The molecule has 244 valence electrons. The van der Waals surface area contributed by atoms with Crippen LogP contribution in [0.2, 0.25) is 0 Å². The number of carbonyl (C=O) groups excluding carboxylic acids is 2. The molecular formula is C33H31F3N6O5. The van der Waals surface area contributed by atoms with Crippen LogP contribution in [-0.4, -0.2) is 52.9 Å². The van der Waals surface area contributed by atoms with Crippen molar-refractivity contribution in [2.75, 3.05) is 26.1 Å². The van der Waals surface area contributed by atoms with Gasteiger partial charge in [0, 0.05) is 29.0 Å². The van der Waals surface area contributed by atoms with Gasteiger partial charge in [0.2, 0.25) is 5.95 Å². The number of hydrogen-bond acceptors (Lipinski definition) is 8. The first kappa shape index (κ1) is 34.2.